The third kappa shape index (κ3) is 3.04. The second-order valence-electron chi connectivity index (χ2n) is 6.57. The number of rotatable bonds is 3. The Balaban J connectivity index is 1.89. The van der Waals surface area contributed by atoms with Crippen LogP contribution in [0.1, 0.15) is 35.2 Å². The molecule has 7 heteroatoms. The van der Waals surface area contributed by atoms with Crippen LogP contribution < -0.4 is 0 Å². The summed E-state index contributed by atoms with van der Waals surface area (Å²) in [6.07, 6.45) is 0.983. The number of nitrogens with zero attached hydrogens (tertiary/aromatic N) is 2. The van der Waals surface area contributed by atoms with Crippen LogP contribution in [0.3, 0.4) is 0 Å². The molecular weight excluding hydrogens is 316 g/mol. The molecule has 0 bridgehead atoms. The number of carbonyl (C=O) groups is 1. The highest BCUT2D eigenvalue weighted by molar-refractivity contribution is 7.91. The van der Waals surface area contributed by atoms with E-state index < -0.39 is 9.84 Å². The van der Waals surface area contributed by atoms with Gasteiger partial charge in [-0.15, -0.1) is 0 Å². The maximum absolute atomic E-state index is 12.9. The molecule has 0 aromatic carbocycles. The smallest absolute Gasteiger partial charge is 0.257 e. The van der Waals surface area contributed by atoms with Gasteiger partial charge in [-0.2, -0.15) is 0 Å². The normalized spacial score (nSPS) is 27.2. The minimum atomic E-state index is -3.09. The Kier molecular flexibility index (Phi) is 4.27. The predicted octanol–water partition coefficient (Wildman–Crippen LogP) is 1.23. The third-order valence-electron chi connectivity index (χ3n) is 4.83. The monoisotopic (exact) mass is 340 g/mol. The first-order valence-electron chi connectivity index (χ1n) is 8.15. The zero-order chi connectivity index (χ0) is 16.8. The van der Waals surface area contributed by atoms with Crippen LogP contribution in [0.25, 0.3) is 0 Å². The highest BCUT2D eigenvalue weighted by atomic mass is 32.2. The Labute approximate surface area is 137 Å². The van der Waals surface area contributed by atoms with Gasteiger partial charge in [0, 0.05) is 19.1 Å². The minimum Gasteiger partial charge on any atom is -0.466 e. The first kappa shape index (κ1) is 16.5. The molecule has 128 valence electrons. The number of hydrogen-bond donors (Lipinski definition) is 0. The van der Waals surface area contributed by atoms with Crippen LogP contribution in [0.2, 0.25) is 0 Å². The van der Waals surface area contributed by atoms with Crippen LogP contribution in [-0.4, -0.2) is 67.3 Å². The average molecular weight is 340 g/mol. The summed E-state index contributed by atoms with van der Waals surface area (Å²) in [5.41, 5.74) is 0.550. The van der Waals surface area contributed by atoms with Crippen molar-refractivity contribution in [1.29, 1.82) is 0 Å². The van der Waals surface area contributed by atoms with Crippen molar-refractivity contribution < 1.29 is 17.6 Å². The maximum Gasteiger partial charge on any atom is 0.257 e. The highest BCUT2D eigenvalue weighted by Gasteiger charge is 2.48. The number of aryl methyl sites for hydroxylation is 2. The van der Waals surface area contributed by atoms with Crippen molar-refractivity contribution in [3.8, 4) is 0 Å². The van der Waals surface area contributed by atoms with Gasteiger partial charge in [0.15, 0.2) is 9.84 Å². The lowest BCUT2D eigenvalue weighted by Crippen LogP contribution is -2.60. The van der Waals surface area contributed by atoms with E-state index in [0.717, 1.165) is 19.5 Å². The van der Waals surface area contributed by atoms with Gasteiger partial charge in [-0.3, -0.25) is 9.69 Å². The lowest BCUT2D eigenvalue weighted by Gasteiger charge is -2.43. The van der Waals surface area contributed by atoms with E-state index in [1.54, 1.807) is 17.9 Å². The molecule has 0 N–H and O–H groups in total. The number of fused-ring (bicyclic) bond motifs is 1. The Morgan fingerprint density at radius 2 is 1.96 bits per heavy atom. The van der Waals surface area contributed by atoms with E-state index >= 15 is 0 Å². The fourth-order valence-corrected chi connectivity index (χ4v) is 5.85. The van der Waals surface area contributed by atoms with Crippen molar-refractivity contribution >= 4 is 15.7 Å². The summed E-state index contributed by atoms with van der Waals surface area (Å²) in [6.45, 7) is 7.85. The summed E-state index contributed by atoms with van der Waals surface area (Å²) >= 11 is 0. The molecule has 2 aliphatic heterocycles. The van der Waals surface area contributed by atoms with E-state index in [0.29, 0.717) is 23.6 Å². The Morgan fingerprint density at radius 3 is 2.57 bits per heavy atom. The molecule has 2 saturated heterocycles. The Morgan fingerprint density at radius 1 is 1.26 bits per heavy atom. The highest BCUT2D eigenvalue weighted by Crippen LogP contribution is 2.29. The Hall–Kier alpha value is -1.34. The van der Waals surface area contributed by atoms with Gasteiger partial charge in [-0.05, 0) is 32.9 Å². The van der Waals surface area contributed by atoms with Gasteiger partial charge in [0.1, 0.15) is 11.5 Å². The molecule has 2 fully saturated rings. The maximum atomic E-state index is 12.9. The molecule has 3 rings (SSSR count). The summed E-state index contributed by atoms with van der Waals surface area (Å²) in [7, 11) is -3.09. The Bertz CT molecular complexity index is 710. The summed E-state index contributed by atoms with van der Waals surface area (Å²) in [5, 5.41) is 0. The zero-order valence-corrected chi connectivity index (χ0v) is 14.7. The van der Waals surface area contributed by atoms with E-state index in [9.17, 15) is 13.2 Å². The number of carbonyl (C=O) groups excluding carboxylic acids is 1. The second-order valence-corrected chi connectivity index (χ2v) is 8.73. The molecule has 3 heterocycles. The molecule has 0 aliphatic carbocycles. The summed E-state index contributed by atoms with van der Waals surface area (Å²) in [6, 6.07) is 1.42. The molecule has 2 aliphatic rings. The van der Waals surface area contributed by atoms with Crippen LogP contribution >= 0.6 is 0 Å². The van der Waals surface area contributed by atoms with Crippen LogP contribution in [0, 0.1) is 13.8 Å². The fraction of sp³-hybridized carbons (Fsp3) is 0.688. The third-order valence-corrected chi connectivity index (χ3v) is 6.53. The zero-order valence-electron chi connectivity index (χ0n) is 13.9. The first-order chi connectivity index (χ1) is 10.8. The quantitative estimate of drug-likeness (QED) is 0.828. The number of piperazine rings is 1. The van der Waals surface area contributed by atoms with Crippen LogP contribution in [0.4, 0.5) is 0 Å². The van der Waals surface area contributed by atoms with E-state index in [1.807, 2.05) is 6.92 Å². The van der Waals surface area contributed by atoms with Crippen molar-refractivity contribution in [2.75, 3.05) is 31.1 Å². The van der Waals surface area contributed by atoms with Crippen molar-refractivity contribution in [2.45, 2.75) is 39.3 Å². The summed E-state index contributed by atoms with van der Waals surface area (Å²) in [4.78, 5) is 16.9. The molecule has 6 nitrogen and oxygen atoms in total. The fourth-order valence-electron chi connectivity index (χ4n) is 3.84. The van der Waals surface area contributed by atoms with E-state index in [-0.39, 0.29) is 29.5 Å². The minimum absolute atomic E-state index is 0.0690. The standard InChI is InChI=1S/C16H24N2O4S/c1-4-5-17-6-7-18(15-10-23(20,21)9-14(15)17)16(19)13-8-11(2)22-12(13)3/h8,14-15H,4-7,9-10H2,1-3H3/t14-,15+/m1/s1. The SMILES string of the molecule is CCCN1CCN(C(=O)c2cc(C)oc2C)[C@H]2CS(=O)(=O)C[C@H]21. The average Bonchev–Trinajstić information content (AvgIpc) is 2.97. The van der Waals surface area contributed by atoms with Gasteiger partial charge in [0.2, 0.25) is 0 Å². The summed E-state index contributed by atoms with van der Waals surface area (Å²) < 4.78 is 29.7. The molecule has 0 radical (unpaired) electrons. The van der Waals surface area contributed by atoms with Crippen molar-refractivity contribution in [3.63, 3.8) is 0 Å². The predicted molar refractivity (Wildman–Crippen MR) is 87.3 cm³/mol. The number of amides is 1. The molecule has 2 atom stereocenters. The van der Waals surface area contributed by atoms with Crippen LogP contribution in [0.15, 0.2) is 10.5 Å². The topological polar surface area (TPSA) is 70.8 Å². The van der Waals surface area contributed by atoms with Gasteiger partial charge in [0.05, 0.1) is 23.1 Å². The van der Waals surface area contributed by atoms with Gasteiger partial charge in [0.25, 0.3) is 5.91 Å². The van der Waals surface area contributed by atoms with Crippen LogP contribution in [0.5, 0.6) is 0 Å². The first-order valence-corrected chi connectivity index (χ1v) is 9.97. The summed E-state index contributed by atoms with van der Waals surface area (Å²) in [5.74, 6) is 1.42. The molecular formula is C16H24N2O4S. The van der Waals surface area contributed by atoms with Gasteiger partial charge in [-0.25, -0.2) is 8.42 Å². The van der Waals surface area contributed by atoms with Gasteiger partial charge >= 0.3 is 0 Å². The van der Waals surface area contributed by atoms with Crippen LogP contribution in [-0.2, 0) is 9.84 Å². The van der Waals surface area contributed by atoms with E-state index in [4.69, 9.17) is 4.42 Å². The van der Waals surface area contributed by atoms with Crippen molar-refractivity contribution in [3.05, 3.63) is 23.2 Å². The molecule has 1 aromatic heterocycles. The van der Waals surface area contributed by atoms with Crippen molar-refractivity contribution in [1.82, 2.24) is 9.80 Å². The molecule has 0 saturated carbocycles. The lowest BCUT2D eigenvalue weighted by molar-refractivity contribution is 0.0332. The second kappa shape index (κ2) is 5.94. The number of furan rings is 1. The van der Waals surface area contributed by atoms with E-state index in [1.165, 1.54) is 0 Å². The molecule has 1 aromatic rings. The van der Waals surface area contributed by atoms with E-state index in [2.05, 4.69) is 11.8 Å². The number of sulfone groups is 1. The van der Waals surface area contributed by atoms with Gasteiger partial charge in [-0.1, -0.05) is 6.92 Å². The number of hydrogen-bond acceptors (Lipinski definition) is 5. The lowest BCUT2D eigenvalue weighted by atomic mass is 10.0. The van der Waals surface area contributed by atoms with Gasteiger partial charge < -0.3 is 9.32 Å². The largest absolute Gasteiger partial charge is 0.466 e. The molecule has 0 spiro atoms. The molecule has 0 unspecified atom stereocenters. The molecule has 1 amide bonds. The van der Waals surface area contributed by atoms with Crippen molar-refractivity contribution in [2.24, 2.45) is 0 Å². The molecule has 23 heavy (non-hydrogen) atoms.